The molecule has 0 bridgehead atoms. The topological polar surface area (TPSA) is 39.4 Å². The van der Waals surface area contributed by atoms with Gasteiger partial charge >= 0.3 is 0 Å². The summed E-state index contributed by atoms with van der Waals surface area (Å²) in [5.74, 6) is 1.28. The number of hydrogen-bond acceptors (Lipinski definition) is 3. The summed E-state index contributed by atoms with van der Waals surface area (Å²) >= 11 is 0. The summed E-state index contributed by atoms with van der Waals surface area (Å²) in [5.41, 5.74) is 1.78. The van der Waals surface area contributed by atoms with Crippen LogP contribution in [-0.4, -0.2) is 7.11 Å². The standard InChI is InChI=1S/C18H14O3/c1-3-14-17(19)15-6-4-5-7-16(15)21-18(14)12-8-10-13(20-2)11-9-12/h3-11H,1H2,2H3. The van der Waals surface area contributed by atoms with Gasteiger partial charge in [0.1, 0.15) is 17.1 Å². The van der Waals surface area contributed by atoms with Gasteiger partial charge in [0.05, 0.1) is 18.1 Å². The molecule has 104 valence electrons. The highest BCUT2D eigenvalue weighted by atomic mass is 16.5. The first-order valence-electron chi connectivity index (χ1n) is 6.57. The van der Waals surface area contributed by atoms with Gasteiger partial charge in [0.2, 0.25) is 5.43 Å². The summed E-state index contributed by atoms with van der Waals surface area (Å²) < 4.78 is 11.1. The van der Waals surface area contributed by atoms with Crippen LogP contribution in [0, 0.1) is 0 Å². The van der Waals surface area contributed by atoms with Crippen molar-refractivity contribution >= 4 is 17.0 Å². The van der Waals surface area contributed by atoms with Crippen LogP contribution in [0.2, 0.25) is 0 Å². The van der Waals surface area contributed by atoms with Crippen molar-refractivity contribution in [3.8, 4) is 17.1 Å². The lowest BCUT2D eigenvalue weighted by Gasteiger charge is -2.08. The Morgan fingerprint density at radius 3 is 2.48 bits per heavy atom. The molecule has 0 spiro atoms. The van der Waals surface area contributed by atoms with Gasteiger partial charge in [0.15, 0.2) is 0 Å². The van der Waals surface area contributed by atoms with Crippen LogP contribution in [0.3, 0.4) is 0 Å². The lowest BCUT2D eigenvalue weighted by atomic mass is 10.0. The van der Waals surface area contributed by atoms with E-state index in [2.05, 4.69) is 6.58 Å². The maximum Gasteiger partial charge on any atom is 0.200 e. The first-order chi connectivity index (χ1) is 10.2. The highest BCUT2D eigenvalue weighted by molar-refractivity contribution is 5.83. The fourth-order valence-electron chi connectivity index (χ4n) is 2.30. The van der Waals surface area contributed by atoms with E-state index in [1.807, 2.05) is 36.4 Å². The van der Waals surface area contributed by atoms with Crippen LogP contribution in [-0.2, 0) is 0 Å². The minimum atomic E-state index is -0.0716. The molecule has 0 atom stereocenters. The van der Waals surface area contributed by atoms with Gasteiger partial charge in [0.25, 0.3) is 0 Å². The molecule has 0 saturated heterocycles. The van der Waals surface area contributed by atoms with Gasteiger partial charge < -0.3 is 9.15 Å². The largest absolute Gasteiger partial charge is 0.497 e. The molecule has 1 heterocycles. The second kappa shape index (κ2) is 5.29. The van der Waals surface area contributed by atoms with E-state index in [4.69, 9.17) is 9.15 Å². The molecule has 21 heavy (non-hydrogen) atoms. The minimum Gasteiger partial charge on any atom is -0.497 e. The fourth-order valence-corrected chi connectivity index (χ4v) is 2.30. The van der Waals surface area contributed by atoms with Crippen molar-refractivity contribution < 1.29 is 9.15 Å². The molecule has 0 saturated carbocycles. The maximum atomic E-state index is 12.5. The Morgan fingerprint density at radius 1 is 1.10 bits per heavy atom. The van der Waals surface area contributed by atoms with E-state index in [1.165, 1.54) is 6.08 Å². The third-order valence-electron chi connectivity index (χ3n) is 3.39. The van der Waals surface area contributed by atoms with Crippen LogP contribution < -0.4 is 10.2 Å². The van der Waals surface area contributed by atoms with Crippen LogP contribution in [0.15, 0.2) is 64.3 Å². The van der Waals surface area contributed by atoms with Gasteiger partial charge in [-0.1, -0.05) is 24.8 Å². The predicted octanol–water partition coefficient (Wildman–Crippen LogP) is 4.11. The Kier molecular flexibility index (Phi) is 3.32. The van der Waals surface area contributed by atoms with Crippen LogP contribution in [0.5, 0.6) is 5.75 Å². The average molecular weight is 278 g/mol. The quantitative estimate of drug-likeness (QED) is 0.723. The Morgan fingerprint density at radius 2 is 1.81 bits per heavy atom. The second-order valence-electron chi connectivity index (χ2n) is 4.60. The van der Waals surface area contributed by atoms with Crippen molar-refractivity contribution in [3.05, 3.63) is 70.9 Å². The highest BCUT2D eigenvalue weighted by Crippen LogP contribution is 2.28. The number of rotatable bonds is 3. The van der Waals surface area contributed by atoms with E-state index in [-0.39, 0.29) is 5.43 Å². The van der Waals surface area contributed by atoms with Crippen molar-refractivity contribution in [3.63, 3.8) is 0 Å². The minimum absolute atomic E-state index is 0.0716. The molecule has 0 amide bonds. The molecule has 3 nitrogen and oxygen atoms in total. The summed E-state index contributed by atoms with van der Waals surface area (Å²) in [4.78, 5) is 12.5. The monoisotopic (exact) mass is 278 g/mol. The van der Waals surface area contributed by atoms with Crippen LogP contribution in [0.4, 0.5) is 0 Å². The van der Waals surface area contributed by atoms with E-state index in [1.54, 1.807) is 19.2 Å². The normalized spacial score (nSPS) is 10.5. The molecule has 3 rings (SSSR count). The molecule has 2 aromatic carbocycles. The molecule has 1 aromatic heterocycles. The van der Waals surface area contributed by atoms with E-state index in [0.29, 0.717) is 22.3 Å². The first kappa shape index (κ1) is 13.2. The Labute approximate surface area is 122 Å². The summed E-state index contributed by atoms with van der Waals surface area (Å²) in [7, 11) is 1.61. The molecule has 3 aromatic rings. The summed E-state index contributed by atoms with van der Waals surface area (Å²) in [6.45, 7) is 3.73. The van der Waals surface area contributed by atoms with E-state index in [9.17, 15) is 4.79 Å². The van der Waals surface area contributed by atoms with E-state index >= 15 is 0 Å². The molecule has 0 aliphatic carbocycles. The van der Waals surface area contributed by atoms with E-state index < -0.39 is 0 Å². The molecule has 0 fully saturated rings. The average Bonchev–Trinajstić information content (AvgIpc) is 2.55. The number of ether oxygens (including phenoxy) is 1. The molecule has 0 radical (unpaired) electrons. The fraction of sp³-hybridized carbons (Fsp3) is 0.0556. The van der Waals surface area contributed by atoms with Gasteiger partial charge in [0, 0.05) is 5.56 Å². The lowest BCUT2D eigenvalue weighted by molar-refractivity contribution is 0.415. The summed E-state index contributed by atoms with van der Waals surface area (Å²) in [6, 6.07) is 14.6. The van der Waals surface area contributed by atoms with Crippen LogP contribution in [0.1, 0.15) is 5.56 Å². The molecular weight excluding hydrogens is 264 g/mol. The van der Waals surface area contributed by atoms with Crippen LogP contribution >= 0.6 is 0 Å². The van der Waals surface area contributed by atoms with Crippen molar-refractivity contribution in [1.29, 1.82) is 0 Å². The molecule has 3 heteroatoms. The Bertz CT molecular complexity index is 858. The van der Waals surface area contributed by atoms with Crippen molar-refractivity contribution in [2.45, 2.75) is 0 Å². The van der Waals surface area contributed by atoms with Crippen LogP contribution in [0.25, 0.3) is 28.4 Å². The van der Waals surface area contributed by atoms with E-state index in [0.717, 1.165) is 11.3 Å². The third kappa shape index (κ3) is 2.23. The zero-order valence-electron chi connectivity index (χ0n) is 11.6. The third-order valence-corrected chi connectivity index (χ3v) is 3.39. The number of benzene rings is 2. The second-order valence-corrected chi connectivity index (χ2v) is 4.60. The lowest BCUT2D eigenvalue weighted by Crippen LogP contribution is -2.07. The zero-order valence-corrected chi connectivity index (χ0v) is 11.6. The zero-order chi connectivity index (χ0) is 14.8. The van der Waals surface area contributed by atoms with Gasteiger partial charge in [-0.05, 0) is 36.4 Å². The van der Waals surface area contributed by atoms with Gasteiger partial charge in [-0.25, -0.2) is 0 Å². The predicted molar refractivity (Wildman–Crippen MR) is 84.6 cm³/mol. The van der Waals surface area contributed by atoms with Gasteiger partial charge in [-0.2, -0.15) is 0 Å². The number of hydrogen-bond donors (Lipinski definition) is 0. The SMILES string of the molecule is C=Cc1c(-c2ccc(OC)cc2)oc2ccccc2c1=O. The van der Waals surface area contributed by atoms with Gasteiger partial charge in [-0.3, -0.25) is 4.79 Å². The molecule has 0 aliphatic rings. The summed E-state index contributed by atoms with van der Waals surface area (Å²) in [6.07, 6.45) is 1.54. The molecule has 0 aliphatic heterocycles. The molecule has 0 N–H and O–H groups in total. The number of fused-ring (bicyclic) bond motifs is 1. The summed E-state index contributed by atoms with van der Waals surface area (Å²) in [5, 5.41) is 0.560. The van der Waals surface area contributed by atoms with Gasteiger partial charge in [-0.15, -0.1) is 0 Å². The van der Waals surface area contributed by atoms with Crippen molar-refractivity contribution in [2.75, 3.05) is 7.11 Å². The smallest absolute Gasteiger partial charge is 0.200 e. The highest BCUT2D eigenvalue weighted by Gasteiger charge is 2.13. The molecule has 0 unspecified atom stereocenters. The number of para-hydroxylation sites is 1. The van der Waals surface area contributed by atoms with Crippen molar-refractivity contribution in [2.24, 2.45) is 0 Å². The Balaban J connectivity index is 2.30. The van der Waals surface area contributed by atoms with Crippen molar-refractivity contribution in [1.82, 2.24) is 0 Å². The maximum absolute atomic E-state index is 12.5. The number of methoxy groups -OCH3 is 1. The molecular formula is C18H14O3. The Hall–Kier alpha value is -2.81. The first-order valence-corrected chi connectivity index (χ1v) is 6.57.